The van der Waals surface area contributed by atoms with Gasteiger partial charge in [0.05, 0.1) is 4.08 Å². The summed E-state index contributed by atoms with van der Waals surface area (Å²) in [4.78, 5) is 10.2. The lowest BCUT2D eigenvalue weighted by atomic mass is 10.2. The SMILES string of the molecule is CC1(CCC=O)SCCCS1. The van der Waals surface area contributed by atoms with E-state index in [1.807, 2.05) is 23.5 Å². The van der Waals surface area contributed by atoms with Crippen molar-refractivity contribution >= 4 is 29.8 Å². The Morgan fingerprint density at radius 1 is 1.45 bits per heavy atom. The minimum Gasteiger partial charge on any atom is -0.303 e. The van der Waals surface area contributed by atoms with Gasteiger partial charge in [-0.15, -0.1) is 23.5 Å². The van der Waals surface area contributed by atoms with Crippen molar-refractivity contribution in [2.45, 2.75) is 30.3 Å². The molecule has 0 amide bonds. The highest BCUT2D eigenvalue weighted by atomic mass is 32.2. The predicted molar refractivity (Wildman–Crippen MR) is 53.2 cm³/mol. The first-order valence-corrected chi connectivity index (χ1v) is 5.95. The zero-order chi connectivity index (χ0) is 8.16. The zero-order valence-electron chi connectivity index (χ0n) is 6.84. The molecule has 1 aliphatic heterocycles. The van der Waals surface area contributed by atoms with Gasteiger partial charge in [-0.3, -0.25) is 0 Å². The van der Waals surface area contributed by atoms with Gasteiger partial charge in [0.15, 0.2) is 0 Å². The van der Waals surface area contributed by atoms with Gasteiger partial charge in [0.2, 0.25) is 0 Å². The standard InChI is InChI=1S/C8H14OS2/c1-8(4-2-5-9)10-6-3-7-11-8/h5H,2-4,6-7H2,1H3. The van der Waals surface area contributed by atoms with Crippen LogP contribution in [0.25, 0.3) is 0 Å². The minimum atomic E-state index is 0.332. The molecule has 0 radical (unpaired) electrons. The zero-order valence-corrected chi connectivity index (χ0v) is 8.47. The lowest BCUT2D eigenvalue weighted by Crippen LogP contribution is -2.20. The van der Waals surface area contributed by atoms with E-state index in [-0.39, 0.29) is 0 Å². The molecule has 0 N–H and O–H groups in total. The van der Waals surface area contributed by atoms with E-state index in [4.69, 9.17) is 0 Å². The van der Waals surface area contributed by atoms with Crippen LogP contribution in [0.2, 0.25) is 0 Å². The van der Waals surface area contributed by atoms with Gasteiger partial charge in [-0.1, -0.05) is 0 Å². The third-order valence-corrected chi connectivity index (χ3v) is 5.14. The molecular weight excluding hydrogens is 176 g/mol. The van der Waals surface area contributed by atoms with E-state index in [1.165, 1.54) is 17.9 Å². The Balaban J connectivity index is 2.30. The topological polar surface area (TPSA) is 17.1 Å². The molecule has 3 heteroatoms. The van der Waals surface area contributed by atoms with Crippen molar-refractivity contribution in [3.05, 3.63) is 0 Å². The van der Waals surface area contributed by atoms with Crippen molar-refractivity contribution in [2.24, 2.45) is 0 Å². The van der Waals surface area contributed by atoms with Crippen molar-refractivity contribution < 1.29 is 4.79 Å². The summed E-state index contributed by atoms with van der Waals surface area (Å²) in [7, 11) is 0. The Labute approximate surface area is 76.7 Å². The van der Waals surface area contributed by atoms with Crippen molar-refractivity contribution in [1.82, 2.24) is 0 Å². The van der Waals surface area contributed by atoms with Gasteiger partial charge in [-0.2, -0.15) is 0 Å². The van der Waals surface area contributed by atoms with Crippen LogP contribution in [0.5, 0.6) is 0 Å². The van der Waals surface area contributed by atoms with Crippen LogP contribution in [-0.2, 0) is 4.79 Å². The van der Waals surface area contributed by atoms with Gasteiger partial charge in [0.25, 0.3) is 0 Å². The third-order valence-electron chi connectivity index (χ3n) is 1.82. The second kappa shape index (κ2) is 4.41. The van der Waals surface area contributed by atoms with Gasteiger partial charge in [-0.25, -0.2) is 0 Å². The molecule has 1 nitrogen and oxygen atoms in total. The van der Waals surface area contributed by atoms with Gasteiger partial charge in [0, 0.05) is 6.42 Å². The number of hydrogen-bond donors (Lipinski definition) is 0. The van der Waals surface area contributed by atoms with Crippen LogP contribution in [0.1, 0.15) is 26.2 Å². The highest BCUT2D eigenvalue weighted by Gasteiger charge is 2.27. The summed E-state index contributed by atoms with van der Waals surface area (Å²) in [6, 6.07) is 0. The molecule has 0 aromatic rings. The highest BCUT2D eigenvalue weighted by Crippen LogP contribution is 2.44. The lowest BCUT2D eigenvalue weighted by Gasteiger charge is -2.31. The van der Waals surface area contributed by atoms with Crippen LogP contribution in [-0.4, -0.2) is 21.9 Å². The summed E-state index contributed by atoms with van der Waals surface area (Å²) in [5, 5.41) is 0. The summed E-state index contributed by atoms with van der Waals surface area (Å²) in [6.45, 7) is 2.25. The molecule has 1 aliphatic rings. The molecule has 0 aromatic carbocycles. The van der Waals surface area contributed by atoms with Crippen molar-refractivity contribution in [3.8, 4) is 0 Å². The molecule has 0 aliphatic carbocycles. The molecule has 0 aromatic heterocycles. The quantitative estimate of drug-likeness (QED) is 0.637. The summed E-state index contributed by atoms with van der Waals surface area (Å²) < 4.78 is 0.332. The van der Waals surface area contributed by atoms with Gasteiger partial charge in [0.1, 0.15) is 6.29 Å². The van der Waals surface area contributed by atoms with Crippen LogP contribution in [0, 0.1) is 0 Å². The van der Waals surface area contributed by atoms with Gasteiger partial charge >= 0.3 is 0 Å². The monoisotopic (exact) mass is 190 g/mol. The molecule has 1 saturated heterocycles. The maximum Gasteiger partial charge on any atom is 0.120 e. The fraction of sp³-hybridized carbons (Fsp3) is 0.875. The third kappa shape index (κ3) is 3.08. The van der Waals surface area contributed by atoms with Crippen LogP contribution < -0.4 is 0 Å². The number of aldehydes is 1. The predicted octanol–water partition coefficient (Wildman–Crippen LogP) is 2.55. The van der Waals surface area contributed by atoms with E-state index in [0.29, 0.717) is 4.08 Å². The van der Waals surface area contributed by atoms with E-state index in [0.717, 1.165) is 19.1 Å². The average molecular weight is 190 g/mol. The second-order valence-corrected chi connectivity index (χ2v) is 6.34. The molecule has 1 fully saturated rings. The molecule has 0 bridgehead atoms. The van der Waals surface area contributed by atoms with Crippen LogP contribution in [0.3, 0.4) is 0 Å². The maximum atomic E-state index is 10.2. The lowest BCUT2D eigenvalue weighted by molar-refractivity contribution is -0.107. The molecule has 1 heterocycles. The van der Waals surface area contributed by atoms with E-state index < -0.39 is 0 Å². The van der Waals surface area contributed by atoms with E-state index in [1.54, 1.807) is 0 Å². The second-order valence-electron chi connectivity index (χ2n) is 2.89. The van der Waals surface area contributed by atoms with Gasteiger partial charge in [-0.05, 0) is 31.3 Å². The molecule has 0 spiro atoms. The Morgan fingerprint density at radius 2 is 2.09 bits per heavy atom. The fourth-order valence-electron chi connectivity index (χ4n) is 1.14. The smallest absolute Gasteiger partial charge is 0.120 e. The number of thioether (sulfide) groups is 2. The molecular formula is C8H14OS2. The Hall–Kier alpha value is 0.370. The summed E-state index contributed by atoms with van der Waals surface area (Å²) in [5.41, 5.74) is 0. The number of carbonyl (C=O) groups excluding carboxylic acids is 1. The molecule has 11 heavy (non-hydrogen) atoms. The average Bonchev–Trinajstić information content (AvgIpc) is 2.03. The Bertz CT molecular complexity index is 130. The number of carbonyl (C=O) groups is 1. The normalized spacial score (nSPS) is 23.0. The van der Waals surface area contributed by atoms with Crippen molar-refractivity contribution in [3.63, 3.8) is 0 Å². The van der Waals surface area contributed by atoms with E-state index >= 15 is 0 Å². The molecule has 64 valence electrons. The van der Waals surface area contributed by atoms with Crippen molar-refractivity contribution in [2.75, 3.05) is 11.5 Å². The largest absolute Gasteiger partial charge is 0.303 e. The Kier molecular flexibility index (Phi) is 3.79. The molecule has 0 saturated carbocycles. The van der Waals surface area contributed by atoms with Gasteiger partial charge < -0.3 is 4.79 Å². The highest BCUT2D eigenvalue weighted by molar-refractivity contribution is 8.18. The minimum absolute atomic E-state index is 0.332. The number of rotatable bonds is 3. The molecule has 0 atom stereocenters. The molecule has 1 rings (SSSR count). The first-order chi connectivity index (χ1) is 5.27. The van der Waals surface area contributed by atoms with Crippen LogP contribution in [0.4, 0.5) is 0 Å². The van der Waals surface area contributed by atoms with Crippen LogP contribution >= 0.6 is 23.5 Å². The summed E-state index contributed by atoms with van der Waals surface area (Å²) >= 11 is 4.02. The first-order valence-electron chi connectivity index (χ1n) is 3.98. The molecule has 0 unspecified atom stereocenters. The first kappa shape index (κ1) is 9.46. The summed E-state index contributed by atoms with van der Waals surface area (Å²) in [5.74, 6) is 2.53. The van der Waals surface area contributed by atoms with E-state index in [2.05, 4.69) is 6.92 Å². The maximum absolute atomic E-state index is 10.2. The van der Waals surface area contributed by atoms with Crippen molar-refractivity contribution in [1.29, 1.82) is 0 Å². The van der Waals surface area contributed by atoms with Crippen LogP contribution in [0.15, 0.2) is 0 Å². The Morgan fingerprint density at radius 3 is 2.64 bits per heavy atom. The summed E-state index contributed by atoms with van der Waals surface area (Å²) in [6.07, 6.45) is 4.11. The number of hydrogen-bond acceptors (Lipinski definition) is 3. The van der Waals surface area contributed by atoms with E-state index in [9.17, 15) is 4.79 Å². The fourth-order valence-corrected chi connectivity index (χ4v) is 4.12.